The average Bonchev–Trinajstić information content (AvgIpc) is 2.05. The molecule has 1 rings (SSSR count). The van der Waals surface area contributed by atoms with Crippen LogP contribution < -0.4 is 5.32 Å². The van der Waals surface area contributed by atoms with Crippen molar-refractivity contribution in [1.82, 2.24) is 5.32 Å². The highest BCUT2D eigenvalue weighted by Gasteiger charge is 2.28. The monoisotopic (exact) mass is 173 g/mol. The Labute approximate surface area is 74.1 Å². The third kappa shape index (κ3) is 2.73. The van der Waals surface area contributed by atoms with Crippen LogP contribution in [0.5, 0.6) is 0 Å². The largest absolute Gasteiger partial charge is 0.394 e. The average molecular weight is 173 g/mol. The van der Waals surface area contributed by atoms with Crippen LogP contribution in [0.1, 0.15) is 26.7 Å². The molecule has 0 aliphatic carbocycles. The van der Waals surface area contributed by atoms with Gasteiger partial charge in [-0.05, 0) is 39.8 Å². The molecule has 1 heterocycles. The second kappa shape index (κ2) is 4.21. The molecule has 0 aromatic rings. The Kier molecular flexibility index (Phi) is 3.50. The Balaban J connectivity index is 2.35. The smallest absolute Gasteiger partial charge is 0.0785 e. The topological polar surface area (TPSA) is 41.5 Å². The minimum atomic E-state index is -0.0342. The van der Waals surface area contributed by atoms with E-state index in [9.17, 15) is 0 Å². The first-order valence-electron chi connectivity index (χ1n) is 4.66. The van der Waals surface area contributed by atoms with Crippen molar-refractivity contribution in [2.75, 3.05) is 19.7 Å². The normalized spacial score (nSPS) is 25.2. The summed E-state index contributed by atoms with van der Waals surface area (Å²) in [4.78, 5) is 0. The van der Waals surface area contributed by atoms with Gasteiger partial charge in [-0.25, -0.2) is 0 Å². The molecule has 1 unspecified atom stereocenters. The lowest BCUT2D eigenvalue weighted by atomic mass is 9.94. The van der Waals surface area contributed by atoms with Gasteiger partial charge in [0.15, 0.2) is 0 Å². The van der Waals surface area contributed by atoms with Crippen molar-refractivity contribution in [2.24, 2.45) is 0 Å². The van der Waals surface area contributed by atoms with Crippen LogP contribution in [0.2, 0.25) is 0 Å². The highest BCUT2D eigenvalue weighted by Crippen LogP contribution is 2.23. The van der Waals surface area contributed by atoms with Gasteiger partial charge in [0.1, 0.15) is 0 Å². The lowest BCUT2D eigenvalue weighted by molar-refractivity contribution is -0.106. The van der Waals surface area contributed by atoms with Gasteiger partial charge in [-0.15, -0.1) is 0 Å². The number of piperidine rings is 1. The Bertz CT molecular complexity index is 132. The molecule has 0 amide bonds. The van der Waals surface area contributed by atoms with E-state index in [1.165, 1.54) is 0 Å². The van der Waals surface area contributed by atoms with Gasteiger partial charge in [0.05, 0.1) is 18.3 Å². The number of aliphatic hydroxyl groups is 1. The molecule has 0 radical (unpaired) electrons. The highest BCUT2D eigenvalue weighted by atomic mass is 16.5. The molecule has 1 aliphatic rings. The van der Waals surface area contributed by atoms with Crippen molar-refractivity contribution >= 4 is 0 Å². The van der Waals surface area contributed by atoms with Crippen molar-refractivity contribution in [1.29, 1.82) is 0 Å². The summed E-state index contributed by atoms with van der Waals surface area (Å²) < 4.78 is 5.74. The summed E-state index contributed by atoms with van der Waals surface area (Å²) >= 11 is 0. The zero-order valence-electron chi connectivity index (χ0n) is 7.97. The fraction of sp³-hybridized carbons (Fsp3) is 1.00. The maximum atomic E-state index is 8.84. The molecular formula is C9H19NO2. The van der Waals surface area contributed by atoms with E-state index in [1.54, 1.807) is 0 Å². The summed E-state index contributed by atoms with van der Waals surface area (Å²) in [7, 11) is 0. The number of hydrogen-bond acceptors (Lipinski definition) is 3. The lowest BCUT2D eigenvalue weighted by Gasteiger charge is -2.36. The first-order chi connectivity index (χ1) is 5.66. The Morgan fingerprint density at radius 1 is 1.50 bits per heavy atom. The molecule has 0 aromatic heterocycles. The number of hydrogen-bond donors (Lipinski definition) is 2. The van der Waals surface area contributed by atoms with E-state index in [0.29, 0.717) is 0 Å². The molecule has 1 fully saturated rings. The summed E-state index contributed by atoms with van der Waals surface area (Å²) in [6, 6.07) is 0. The number of nitrogens with one attached hydrogen (secondary N) is 1. The molecule has 1 saturated heterocycles. The number of rotatable bonds is 3. The minimum absolute atomic E-state index is 0.0204. The van der Waals surface area contributed by atoms with Crippen LogP contribution in [0.3, 0.4) is 0 Å². The van der Waals surface area contributed by atoms with Crippen LogP contribution in [0, 0.1) is 0 Å². The van der Waals surface area contributed by atoms with Crippen LogP contribution in [0.4, 0.5) is 0 Å². The van der Waals surface area contributed by atoms with Crippen LogP contribution in [-0.2, 0) is 4.74 Å². The van der Waals surface area contributed by atoms with E-state index in [-0.39, 0.29) is 18.3 Å². The highest BCUT2D eigenvalue weighted by molar-refractivity contribution is 4.82. The Morgan fingerprint density at radius 2 is 2.08 bits per heavy atom. The van der Waals surface area contributed by atoms with Gasteiger partial charge in [0.25, 0.3) is 0 Å². The fourth-order valence-corrected chi connectivity index (χ4v) is 1.60. The van der Waals surface area contributed by atoms with E-state index in [1.807, 2.05) is 6.92 Å². The van der Waals surface area contributed by atoms with Gasteiger partial charge in [0, 0.05) is 0 Å². The SMILES string of the molecule is CC(CO)OC1(C)CCNCC1. The number of ether oxygens (including phenoxy) is 1. The standard InChI is InChI=1S/C9H19NO2/c1-8(7-11)12-9(2)3-5-10-6-4-9/h8,10-11H,3-7H2,1-2H3. The summed E-state index contributed by atoms with van der Waals surface area (Å²) in [6.45, 7) is 6.19. The van der Waals surface area contributed by atoms with Crippen LogP contribution in [0.15, 0.2) is 0 Å². The molecule has 72 valence electrons. The Morgan fingerprint density at radius 3 is 2.58 bits per heavy atom. The van der Waals surface area contributed by atoms with Gasteiger partial charge in [-0.3, -0.25) is 0 Å². The van der Waals surface area contributed by atoms with Crippen molar-refractivity contribution in [3.8, 4) is 0 Å². The molecule has 0 bridgehead atoms. The van der Waals surface area contributed by atoms with E-state index in [2.05, 4.69) is 12.2 Å². The quantitative estimate of drug-likeness (QED) is 0.654. The molecule has 0 aromatic carbocycles. The maximum Gasteiger partial charge on any atom is 0.0785 e. The first kappa shape index (κ1) is 9.96. The van der Waals surface area contributed by atoms with Gasteiger partial charge in [-0.1, -0.05) is 0 Å². The van der Waals surface area contributed by atoms with Crippen molar-refractivity contribution in [3.63, 3.8) is 0 Å². The molecule has 3 heteroatoms. The van der Waals surface area contributed by atoms with Gasteiger partial charge in [-0.2, -0.15) is 0 Å². The van der Waals surface area contributed by atoms with E-state index in [4.69, 9.17) is 9.84 Å². The third-order valence-electron chi connectivity index (χ3n) is 2.40. The first-order valence-corrected chi connectivity index (χ1v) is 4.66. The van der Waals surface area contributed by atoms with Crippen LogP contribution in [0.25, 0.3) is 0 Å². The maximum absolute atomic E-state index is 8.84. The summed E-state index contributed by atoms with van der Waals surface area (Å²) in [5.41, 5.74) is -0.0204. The fourth-order valence-electron chi connectivity index (χ4n) is 1.60. The van der Waals surface area contributed by atoms with Crippen molar-refractivity contribution in [3.05, 3.63) is 0 Å². The van der Waals surface area contributed by atoms with E-state index >= 15 is 0 Å². The predicted octanol–water partition coefficient (Wildman–Crippen LogP) is 0.526. The van der Waals surface area contributed by atoms with Crippen LogP contribution in [-0.4, -0.2) is 36.5 Å². The molecule has 1 atom stereocenters. The summed E-state index contributed by atoms with van der Waals surface area (Å²) in [5.74, 6) is 0. The molecule has 12 heavy (non-hydrogen) atoms. The van der Waals surface area contributed by atoms with Crippen LogP contribution >= 0.6 is 0 Å². The lowest BCUT2D eigenvalue weighted by Crippen LogP contribution is -2.43. The Hall–Kier alpha value is -0.120. The second-order valence-corrected chi connectivity index (χ2v) is 3.81. The van der Waals surface area contributed by atoms with E-state index in [0.717, 1.165) is 25.9 Å². The van der Waals surface area contributed by atoms with E-state index < -0.39 is 0 Å². The summed E-state index contributed by atoms with van der Waals surface area (Å²) in [6.07, 6.45) is 2.04. The van der Waals surface area contributed by atoms with Gasteiger partial charge in [0.2, 0.25) is 0 Å². The molecule has 1 aliphatic heterocycles. The second-order valence-electron chi connectivity index (χ2n) is 3.81. The predicted molar refractivity (Wildman–Crippen MR) is 48.1 cm³/mol. The molecule has 0 spiro atoms. The molecule has 0 saturated carbocycles. The van der Waals surface area contributed by atoms with Gasteiger partial charge >= 0.3 is 0 Å². The zero-order chi connectivity index (χ0) is 9.03. The minimum Gasteiger partial charge on any atom is -0.394 e. The van der Waals surface area contributed by atoms with Crippen molar-refractivity contribution < 1.29 is 9.84 Å². The molecule has 3 nitrogen and oxygen atoms in total. The number of aliphatic hydroxyl groups excluding tert-OH is 1. The molecular weight excluding hydrogens is 154 g/mol. The zero-order valence-corrected chi connectivity index (χ0v) is 7.97. The van der Waals surface area contributed by atoms with Crippen molar-refractivity contribution in [2.45, 2.75) is 38.4 Å². The van der Waals surface area contributed by atoms with Gasteiger partial charge < -0.3 is 15.2 Å². The third-order valence-corrected chi connectivity index (χ3v) is 2.40. The summed E-state index contributed by atoms with van der Waals surface area (Å²) in [5, 5.41) is 12.1. The molecule has 2 N–H and O–H groups in total.